The van der Waals surface area contributed by atoms with Crippen molar-refractivity contribution >= 4 is 23.5 Å². The lowest BCUT2D eigenvalue weighted by molar-refractivity contribution is 0.215. The first-order valence-corrected chi connectivity index (χ1v) is 5.82. The molecule has 0 saturated heterocycles. The Labute approximate surface area is 115 Å². The summed E-state index contributed by atoms with van der Waals surface area (Å²) < 4.78 is 13.3. The summed E-state index contributed by atoms with van der Waals surface area (Å²) in [6.07, 6.45) is 2.71. The van der Waals surface area contributed by atoms with Crippen LogP contribution in [-0.4, -0.2) is 23.3 Å². The van der Waals surface area contributed by atoms with Crippen molar-refractivity contribution < 1.29 is 9.23 Å². The Balaban J connectivity index is 2.40. The fourth-order valence-corrected chi connectivity index (χ4v) is 1.60. The Hall–Kier alpha value is -2.70. The summed E-state index contributed by atoms with van der Waals surface area (Å²) in [7, 11) is 1.42. The second-order valence-electron chi connectivity index (χ2n) is 4.02. The molecular weight excluding hydrogens is 261 g/mol. The first-order valence-electron chi connectivity index (χ1n) is 5.82. The lowest BCUT2D eigenvalue weighted by Crippen LogP contribution is -2.05. The van der Waals surface area contributed by atoms with Crippen molar-refractivity contribution in [3.05, 3.63) is 41.5 Å². The zero-order valence-electron chi connectivity index (χ0n) is 11.1. The van der Waals surface area contributed by atoms with E-state index >= 15 is 0 Å². The molecule has 0 bridgehead atoms. The van der Waals surface area contributed by atoms with Gasteiger partial charge in [-0.2, -0.15) is 0 Å². The number of nitrogen functional groups attached to an aromatic ring is 1. The van der Waals surface area contributed by atoms with Gasteiger partial charge in [-0.05, 0) is 24.6 Å². The number of benzene rings is 1. The molecule has 1 aromatic heterocycles. The highest BCUT2D eigenvalue weighted by Gasteiger charge is 2.09. The fourth-order valence-electron chi connectivity index (χ4n) is 1.60. The van der Waals surface area contributed by atoms with Crippen molar-refractivity contribution in [2.24, 2.45) is 5.16 Å². The van der Waals surface area contributed by atoms with E-state index in [2.05, 4.69) is 25.3 Å². The van der Waals surface area contributed by atoms with Crippen molar-refractivity contribution in [3.63, 3.8) is 0 Å². The normalized spacial score (nSPS) is 10.8. The van der Waals surface area contributed by atoms with Crippen LogP contribution in [0.3, 0.4) is 0 Å². The van der Waals surface area contributed by atoms with E-state index in [0.29, 0.717) is 17.1 Å². The van der Waals surface area contributed by atoms with E-state index in [0.717, 1.165) is 5.56 Å². The number of aryl methyl sites for hydroxylation is 1. The van der Waals surface area contributed by atoms with Crippen LogP contribution in [-0.2, 0) is 4.84 Å². The molecule has 0 unspecified atom stereocenters. The lowest BCUT2D eigenvalue weighted by Gasteiger charge is -2.11. The Kier molecular flexibility index (Phi) is 4.09. The van der Waals surface area contributed by atoms with Gasteiger partial charge in [0.15, 0.2) is 0 Å². The summed E-state index contributed by atoms with van der Waals surface area (Å²) in [4.78, 5) is 12.6. The number of halogens is 1. The molecule has 2 rings (SSSR count). The molecule has 0 spiro atoms. The van der Waals surface area contributed by atoms with Crippen molar-refractivity contribution in [3.8, 4) is 0 Å². The quantitative estimate of drug-likeness (QED) is 0.660. The molecule has 2 aromatic rings. The average molecular weight is 275 g/mol. The van der Waals surface area contributed by atoms with Crippen LogP contribution in [0.15, 0.2) is 29.7 Å². The number of anilines is 3. The molecule has 0 aliphatic rings. The van der Waals surface area contributed by atoms with E-state index in [1.807, 2.05) is 6.92 Å². The minimum absolute atomic E-state index is 0.248. The number of nitrogens with two attached hydrogens (primary N) is 1. The SMILES string of the molecule is CON=Cc1c(N)ncnc1Nc1cc(F)ccc1C. The van der Waals surface area contributed by atoms with Gasteiger partial charge in [0, 0.05) is 5.69 Å². The number of nitrogens with one attached hydrogen (secondary N) is 1. The third-order valence-corrected chi connectivity index (χ3v) is 2.65. The average Bonchev–Trinajstić information content (AvgIpc) is 2.42. The predicted molar refractivity (Wildman–Crippen MR) is 75.5 cm³/mol. The standard InChI is InChI=1S/C13H14FN5O/c1-8-3-4-9(14)5-11(8)19-13-10(6-18-20-2)12(15)16-7-17-13/h3-7H,1-2H3,(H3,15,16,17,19). The van der Waals surface area contributed by atoms with Crippen molar-refractivity contribution in [1.29, 1.82) is 0 Å². The number of oxime groups is 1. The van der Waals surface area contributed by atoms with Crippen LogP contribution >= 0.6 is 0 Å². The van der Waals surface area contributed by atoms with Gasteiger partial charge in [0.2, 0.25) is 0 Å². The number of hydrogen-bond donors (Lipinski definition) is 2. The summed E-state index contributed by atoms with van der Waals surface area (Å²) in [5.74, 6) is 0.330. The largest absolute Gasteiger partial charge is 0.399 e. The van der Waals surface area contributed by atoms with E-state index in [9.17, 15) is 4.39 Å². The maximum absolute atomic E-state index is 13.3. The molecule has 1 heterocycles. The van der Waals surface area contributed by atoms with E-state index in [1.54, 1.807) is 6.07 Å². The topological polar surface area (TPSA) is 85.4 Å². The molecule has 0 radical (unpaired) electrons. The number of nitrogens with zero attached hydrogens (tertiary/aromatic N) is 3. The van der Waals surface area contributed by atoms with Crippen LogP contribution < -0.4 is 11.1 Å². The molecular formula is C13H14FN5O. The van der Waals surface area contributed by atoms with E-state index in [4.69, 9.17) is 5.73 Å². The minimum atomic E-state index is -0.341. The highest BCUT2D eigenvalue weighted by Crippen LogP contribution is 2.23. The minimum Gasteiger partial charge on any atom is -0.399 e. The number of hydrogen-bond acceptors (Lipinski definition) is 6. The summed E-state index contributed by atoms with van der Waals surface area (Å²) in [6.45, 7) is 1.86. The van der Waals surface area contributed by atoms with Gasteiger partial charge in [-0.15, -0.1) is 0 Å². The zero-order chi connectivity index (χ0) is 14.5. The summed E-state index contributed by atoms with van der Waals surface area (Å²) >= 11 is 0. The van der Waals surface area contributed by atoms with Gasteiger partial charge in [-0.1, -0.05) is 11.2 Å². The smallest absolute Gasteiger partial charge is 0.144 e. The third kappa shape index (κ3) is 3.00. The van der Waals surface area contributed by atoms with Gasteiger partial charge >= 0.3 is 0 Å². The van der Waals surface area contributed by atoms with Crippen molar-refractivity contribution in [1.82, 2.24) is 9.97 Å². The highest BCUT2D eigenvalue weighted by atomic mass is 19.1. The maximum atomic E-state index is 13.3. The summed E-state index contributed by atoms with van der Waals surface area (Å²) in [5.41, 5.74) is 7.71. The molecule has 0 fully saturated rings. The Morgan fingerprint density at radius 1 is 1.40 bits per heavy atom. The van der Waals surface area contributed by atoms with Crippen LogP contribution in [0.2, 0.25) is 0 Å². The molecule has 3 N–H and O–H groups in total. The Morgan fingerprint density at radius 2 is 2.20 bits per heavy atom. The second kappa shape index (κ2) is 5.96. The number of rotatable bonds is 4. The molecule has 0 aliphatic heterocycles. The summed E-state index contributed by atoms with van der Waals surface area (Å²) in [6, 6.07) is 4.44. The van der Waals surface area contributed by atoms with E-state index in [1.165, 1.54) is 31.8 Å². The first-order chi connectivity index (χ1) is 9.61. The van der Waals surface area contributed by atoms with Crippen LogP contribution in [0.1, 0.15) is 11.1 Å². The van der Waals surface area contributed by atoms with Crippen LogP contribution in [0.4, 0.5) is 21.7 Å². The monoisotopic (exact) mass is 275 g/mol. The van der Waals surface area contributed by atoms with Crippen molar-refractivity contribution in [2.45, 2.75) is 6.92 Å². The molecule has 1 aromatic carbocycles. The molecule has 0 atom stereocenters. The predicted octanol–water partition coefficient (Wildman–Crippen LogP) is 2.23. The molecule has 0 aliphatic carbocycles. The Morgan fingerprint density at radius 3 is 2.95 bits per heavy atom. The first kappa shape index (κ1) is 13.7. The van der Waals surface area contributed by atoms with Crippen LogP contribution in [0.5, 0.6) is 0 Å². The Bertz CT molecular complexity index is 645. The number of aromatic nitrogens is 2. The third-order valence-electron chi connectivity index (χ3n) is 2.65. The summed E-state index contributed by atoms with van der Waals surface area (Å²) in [5, 5.41) is 6.66. The maximum Gasteiger partial charge on any atom is 0.144 e. The molecule has 0 amide bonds. The second-order valence-corrected chi connectivity index (χ2v) is 4.02. The van der Waals surface area contributed by atoms with Gasteiger partial charge < -0.3 is 15.9 Å². The van der Waals surface area contributed by atoms with Gasteiger partial charge in [0.1, 0.15) is 30.9 Å². The van der Waals surface area contributed by atoms with Gasteiger partial charge in [-0.3, -0.25) is 0 Å². The zero-order valence-corrected chi connectivity index (χ0v) is 11.1. The molecule has 7 heteroatoms. The van der Waals surface area contributed by atoms with Gasteiger partial charge in [0.25, 0.3) is 0 Å². The van der Waals surface area contributed by atoms with Crippen molar-refractivity contribution in [2.75, 3.05) is 18.2 Å². The van der Waals surface area contributed by atoms with Gasteiger partial charge in [0.05, 0.1) is 11.8 Å². The lowest BCUT2D eigenvalue weighted by atomic mass is 10.2. The molecule has 104 valence electrons. The van der Waals surface area contributed by atoms with Crippen LogP contribution in [0.25, 0.3) is 0 Å². The van der Waals surface area contributed by atoms with Gasteiger partial charge in [-0.25, -0.2) is 14.4 Å². The molecule has 0 saturated carbocycles. The van der Waals surface area contributed by atoms with E-state index < -0.39 is 0 Å². The highest BCUT2D eigenvalue weighted by molar-refractivity contribution is 5.92. The molecule has 6 nitrogen and oxygen atoms in total. The fraction of sp³-hybridized carbons (Fsp3) is 0.154. The molecule has 20 heavy (non-hydrogen) atoms. The van der Waals surface area contributed by atoms with Crippen LogP contribution in [0, 0.1) is 12.7 Å². The van der Waals surface area contributed by atoms with E-state index in [-0.39, 0.29) is 11.6 Å².